The molecule has 4 aromatic rings. The van der Waals surface area contributed by atoms with Crippen LogP contribution in [-0.2, 0) is 17.9 Å². The first-order chi connectivity index (χ1) is 16.3. The molecule has 0 radical (unpaired) electrons. The Morgan fingerprint density at radius 1 is 0.781 bits per heavy atom. The third-order valence-corrected chi connectivity index (χ3v) is 8.21. The molecule has 0 bridgehead atoms. The highest BCUT2D eigenvalue weighted by Crippen LogP contribution is 2.57. The lowest BCUT2D eigenvalue weighted by molar-refractivity contribution is -0.660. The van der Waals surface area contributed by atoms with Crippen molar-refractivity contribution in [2.24, 2.45) is 7.05 Å². The Labute approximate surface area is 197 Å². The summed E-state index contributed by atoms with van der Waals surface area (Å²) in [6.07, 6.45) is 1.79. The second-order valence-corrected chi connectivity index (χ2v) is 10.5. The molecule has 0 saturated heterocycles. The molecule has 0 N–H and O–H groups in total. The lowest BCUT2D eigenvalue weighted by atomic mass is 9.54. The van der Waals surface area contributed by atoms with Gasteiger partial charge in [0, 0.05) is 21.2 Å². The van der Waals surface area contributed by atoms with Crippen LogP contribution in [-0.4, -0.2) is 0 Å². The second kappa shape index (κ2) is 6.78. The Kier molecular flexibility index (Phi) is 3.73. The van der Waals surface area contributed by atoms with Gasteiger partial charge in [-0.25, -0.2) is 4.57 Å². The van der Waals surface area contributed by atoms with Gasteiger partial charge in [-0.15, -0.1) is 0 Å². The minimum absolute atomic E-state index is 0.117. The van der Waals surface area contributed by atoms with Crippen molar-refractivity contribution in [3.63, 3.8) is 0 Å². The fraction of sp³-hybridized carbons (Fsp3) is 0.323. The smallest absolute Gasteiger partial charge is 0.201 e. The van der Waals surface area contributed by atoms with E-state index in [1.807, 2.05) is 18.5 Å². The van der Waals surface area contributed by atoms with E-state index in [2.05, 4.69) is 89.2 Å². The van der Waals surface area contributed by atoms with Crippen LogP contribution in [0, 0.1) is 20.7 Å². The summed E-state index contributed by atoms with van der Waals surface area (Å²) in [5.74, 6) is 0. The van der Waals surface area contributed by atoms with Gasteiger partial charge in [0.25, 0.3) is 0 Å². The number of rotatable bonds is 1. The van der Waals surface area contributed by atoms with Crippen LogP contribution >= 0.6 is 0 Å². The summed E-state index contributed by atoms with van der Waals surface area (Å²) < 4.78 is 25.9. The van der Waals surface area contributed by atoms with E-state index in [0.717, 1.165) is 11.3 Å². The van der Waals surface area contributed by atoms with E-state index in [1.165, 1.54) is 44.2 Å². The lowest BCUT2D eigenvalue weighted by Gasteiger charge is -2.49. The zero-order valence-corrected chi connectivity index (χ0v) is 20.2. The average molecular weight is 424 g/mol. The molecule has 0 atom stereocenters. The first kappa shape index (κ1) is 17.6. The van der Waals surface area contributed by atoms with E-state index < -0.39 is 6.85 Å². The molecule has 1 aliphatic rings. The Balaban J connectivity index is 1.93. The molecule has 0 saturated carbocycles. The summed E-state index contributed by atoms with van der Waals surface area (Å²) in [5, 5.41) is 2.53. The molecular formula is C31H34N+. The minimum Gasteiger partial charge on any atom is -0.201 e. The molecule has 162 valence electrons. The minimum atomic E-state index is -2.13. The topological polar surface area (TPSA) is 3.88 Å². The van der Waals surface area contributed by atoms with E-state index >= 15 is 0 Å². The molecule has 1 heterocycles. The molecule has 5 rings (SSSR count). The molecule has 0 spiro atoms. The molecular weight excluding hydrogens is 386 g/mol. The van der Waals surface area contributed by atoms with Gasteiger partial charge in [-0.2, -0.15) is 0 Å². The van der Waals surface area contributed by atoms with E-state index in [-0.39, 0.29) is 10.8 Å². The predicted molar refractivity (Wildman–Crippen MR) is 136 cm³/mol. The van der Waals surface area contributed by atoms with Crippen molar-refractivity contribution in [2.75, 3.05) is 0 Å². The van der Waals surface area contributed by atoms with Gasteiger partial charge < -0.3 is 0 Å². The van der Waals surface area contributed by atoms with Crippen molar-refractivity contribution >= 4 is 10.8 Å². The highest BCUT2D eigenvalue weighted by atomic mass is 14.9. The number of pyridine rings is 1. The van der Waals surface area contributed by atoms with Gasteiger partial charge in [0.1, 0.15) is 7.05 Å². The third kappa shape index (κ3) is 2.67. The van der Waals surface area contributed by atoms with Gasteiger partial charge in [0.05, 0.1) is 5.56 Å². The summed E-state index contributed by atoms with van der Waals surface area (Å²) in [6, 6.07) is 19.8. The summed E-state index contributed by atoms with van der Waals surface area (Å²) in [6.45, 7) is 11.4. The monoisotopic (exact) mass is 423 g/mol. The summed E-state index contributed by atoms with van der Waals surface area (Å²) >= 11 is 0. The molecule has 1 heteroatoms. The van der Waals surface area contributed by atoms with E-state index in [4.69, 9.17) is 4.11 Å². The lowest BCUT2D eigenvalue weighted by Crippen LogP contribution is -2.44. The van der Waals surface area contributed by atoms with Gasteiger partial charge in [0.2, 0.25) is 5.69 Å². The fourth-order valence-electron chi connectivity index (χ4n) is 5.62. The maximum Gasteiger partial charge on any atom is 0.213 e. The van der Waals surface area contributed by atoms with Crippen LogP contribution in [0.5, 0.6) is 0 Å². The number of nitrogens with zero attached hydrogens (tertiary/aromatic N) is 1. The maximum atomic E-state index is 7.97. The normalized spacial score (nSPS) is 17.8. The quantitative estimate of drug-likeness (QED) is 0.279. The fourth-order valence-corrected chi connectivity index (χ4v) is 5.62. The number of aromatic nitrogens is 1. The Bertz CT molecular complexity index is 1510. The van der Waals surface area contributed by atoms with E-state index in [1.54, 1.807) is 6.20 Å². The van der Waals surface area contributed by atoms with Crippen LogP contribution in [0.15, 0.2) is 60.8 Å². The summed E-state index contributed by atoms with van der Waals surface area (Å²) in [7, 11) is 1.97. The molecule has 1 aliphatic carbocycles. The van der Waals surface area contributed by atoms with Crippen molar-refractivity contribution < 1.29 is 8.68 Å². The first-order valence-corrected chi connectivity index (χ1v) is 11.4. The molecule has 0 amide bonds. The van der Waals surface area contributed by atoms with Crippen LogP contribution in [0.3, 0.4) is 0 Å². The highest BCUT2D eigenvalue weighted by molar-refractivity contribution is 6.02. The van der Waals surface area contributed by atoms with E-state index in [9.17, 15) is 0 Å². The Morgan fingerprint density at radius 2 is 1.53 bits per heavy atom. The van der Waals surface area contributed by atoms with Gasteiger partial charge in [0.15, 0.2) is 6.20 Å². The van der Waals surface area contributed by atoms with Crippen LogP contribution in [0.4, 0.5) is 0 Å². The van der Waals surface area contributed by atoms with Crippen molar-refractivity contribution in [3.8, 4) is 22.4 Å². The molecule has 32 heavy (non-hydrogen) atoms. The summed E-state index contributed by atoms with van der Waals surface area (Å²) in [4.78, 5) is 0. The number of aryl methyl sites for hydroxylation is 4. The molecule has 1 nitrogen and oxygen atoms in total. The highest BCUT2D eigenvalue weighted by Gasteiger charge is 2.48. The molecule has 1 aromatic heterocycles. The number of hydrogen-bond acceptors (Lipinski definition) is 0. The third-order valence-electron chi connectivity index (χ3n) is 8.21. The van der Waals surface area contributed by atoms with Crippen LogP contribution in [0.25, 0.3) is 33.2 Å². The van der Waals surface area contributed by atoms with Crippen LogP contribution in [0.2, 0.25) is 0 Å². The van der Waals surface area contributed by atoms with Crippen molar-refractivity contribution in [2.45, 2.75) is 59.2 Å². The predicted octanol–water partition coefficient (Wildman–Crippen LogP) is 7.49. The molecule has 0 fully saturated rings. The van der Waals surface area contributed by atoms with E-state index in [0.29, 0.717) is 5.56 Å². The molecule has 3 aromatic carbocycles. The second-order valence-electron chi connectivity index (χ2n) is 10.5. The number of fused-ring (bicyclic) bond motifs is 5. The van der Waals surface area contributed by atoms with Crippen LogP contribution in [0.1, 0.15) is 59.6 Å². The zero-order valence-electron chi connectivity index (χ0n) is 23.2. The van der Waals surface area contributed by atoms with Crippen molar-refractivity contribution in [1.29, 1.82) is 0 Å². The van der Waals surface area contributed by atoms with Gasteiger partial charge in [-0.1, -0.05) is 76.2 Å². The first-order valence-electron chi connectivity index (χ1n) is 12.9. The SMILES string of the molecule is [2H]C([2H])([2H])c1c[n+](C)c(-c2c(C)ccc3c2C(C)(C)C(C)(C)c2ccc4ccccc4c2-3)cc1C. The summed E-state index contributed by atoms with van der Waals surface area (Å²) in [5.41, 5.74) is 9.70. The van der Waals surface area contributed by atoms with Crippen molar-refractivity contribution in [1.82, 2.24) is 0 Å². The maximum absolute atomic E-state index is 7.97. The average Bonchev–Trinajstić information content (AvgIpc) is 2.78. The molecule has 0 unspecified atom stereocenters. The standard InChI is InChI=1S/C31H34N/c1-19-13-15-24-28-23-12-10-9-11-22(23)14-16-25(28)30(4,5)31(6,7)29(24)27(19)26-17-20(2)21(3)18-32(26)8/h9-18H,1-8H3/q+1/i3D3. The largest absolute Gasteiger partial charge is 0.213 e. The van der Waals surface area contributed by atoms with Gasteiger partial charge in [-0.05, 0) is 70.3 Å². The zero-order chi connectivity index (χ0) is 25.5. The van der Waals surface area contributed by atoms with Gasteiger partial charge >= 0.3 is 0 Å². The van der Waals surface area contributed by atoms with Crippen LogP contribution < -0.4 is 4.57 Å². The number of benzene rings is 3. The molecule has 0 aliphatic heterocycles. The Morgan fingerprint density at radius 3 is 2.28 bits per heavy atom. The van der Waals surface area contributed by atoms with Crippen molar-refractivity contribution in [3.05, 3.63) is 88.6 Å². The van der Waals surface area contributed by atoms with Gasteiger partial charge in [-0.3, -0.25) is 0 Å². The Hall–Kier alpha value is -2.93. The number of hydrogen-bond donors (Lipinski definition) is 0.